The van der Waals surface area contributed by atoms with Crippen molar-refractivity contribution in [2.24, 2.45) is 0 Å². The molecule has 166 valence electrons. The zero-order chi connectivity index (χ0) is 22.9. The van der Waals surface area contributed by atoms with Gasteiger partial charge in [0.05, 0.1) is 0 Å². The van der Waals surface area contributed by atoms with E-state index in [1.165, 1.54) is 9.80 Å². The van der Waals surface area contributed by atoms with Crippen LogP contribution in [0, 0.1) is 0 Å². The van der Waals surface area contributed by atoms with Crippen LogP contribution in [-0.4, -0.2) is 47.3 Å². The number of nitrogens with zero attached hydrogens (tertiary/aromatic N) is 2. The standard InChI is InChI=1S/C26H28N2O4/c1-3-5-16-27-24(29)23(19-21-11-13-22(14-12-21)32-18-4-2)25(30)28(26(27)31)17-15-20-9-7-6-8-10-20/h4,6-14,19H,2-3,5,15-18H2,1H3/b23-19-. The predicted octanol–water partition coefficient (Wildman–Crippen LogP) is 4.47. The fourth-order valence-corrected chi connectivity index (χ4v) is 3.40. The predicted molar refractivity (Wildman–Crippen MR) is 124 cm³/mol. The van der Waals surface area contributed by atoms with E-state index in [4.69, 9.17) is 4.74 Å². The molecule has 0 aliphatic carbocycles. The lowest BCUT2D eigenvalue weighted by Crippen LogP contribution is -2.56. The van der Waals surface area contributed by atoms with Crippen LogP contribution in [-0.2, 0) is 16.0 Å². The second-order valence-electron chi connectivity index (χ2n) is 7.51. The first-order valence-electron chi connectivity index (χ1n) is 10.8. The first-order chi connectivity index (χ1) is 15.5. The van der Waals surface area contributed by atoms with Gasteiger partial charge in [0.25, 0.3) is 11.8 Å². The van der Waals surface area contributed by atoms with Crippen molar-refractivity contribution in [1.82, 2.24) is 9.80 Å². The molecule has 2 aromatic carbocycles. The fourth-order valence-electron chi connectivity index (χ4n) is 3.40. The highest BCUT2D eigenvalue weighted by Crippen LogP contribution is 2.22. The molecular weight excluding hydrogens is 404 g/mol. The summed E-state index contributed by atoms with van der Waals surface area (Å²) in [4.78, 5) is 41.5. The summed E-state index contributed by atoms with van der Waals surface area (Å²) in [5, 5.41) is 0. The first-order valence-corrected chi connectivity index (χ1v) is 10.8. The van der Waals surface area contributed by atoms with Gasteiger partial charge in [-0.15, -0.1) is 0 Å². The second kappa shape index (κ2) is 11.1. The Kier molecular flexibility index (Phi) is 7.97. The monoisotopic (exact) mass is 432 g/mol. The molecule has 0 saturated carbocycles. The number of hydrogen-bond donors (Lipinski definition) is 0. The number of amides is 4. The minimum Gasteiger partial charge on any atom is -0.490 e. The summed E-state index contributed by atoms with van der Waals surface area (Å²) < 4.78 is 5.48. The van der Waals surface area contributed by atoms with Crippen LogP contribution in [0.1, 0.15) is 30.9 Å². The van der Waals surface area contributed by atoms with Gasteiger partial charge < -0.3 is 4.74 Å². The van der Waals surface area contributed by atoms with Crippen molar-refractivity contribution in [3.63, 3.8) is 0 Å². The number of benzene rings is 2. The van der Waals surface area contributed by atoms with Crippen molar-refractivity contribution in [2.75, 3.05) is 19.7 Å². The number of barbiturate groups is 1. The number of urea groups is 1. The van der Waals surface area contributed by atoms with Crippen molar-refractivity contribution >= 4 is 23.9 Å². The van der Waals surface area contributed by atoms with Gasteiger partial charge in [-0.2, -0.15) is 0 Å². The fraction of sp³-hybridized carbons (Fsp3) is 0.269. The van der Waals surface area contributed by atoms with Gasteiger partial charge in [-0.3, -0.25) is 19.4 Å². The Morgan fingerprint density at radius 3 is 2.19 bits per heavy atom. The molecule has 1 aliphatic rings. The smallest absolute Gasteiger partial charge is 0.333 e. The maximum absolute atomic E-state index is 13.2. The summed E-state index contributed by atoms with van der Waals surface area (Å²) in [7, 11) is 0. The largest absolute Gasteiger partial charge is 0.490 e. The van der Waals surface area contributed by atoms with E-state index in [0.29, 0.717) is 30.8 Å². The molecular formula is C26H28N2O4. The lowest BCUT2D eigenvalue weighted by Gasteiger charge is -2.34. The normalized spacial score (nSPS) is 15.4. The number of carbonyl (C=O) groups is 3. The molecule has 0 bridgehead atoms. The molecule has 0 aromatic heterocycles. The third-order valence-electron chi connectivity index (χ3n) is 5.17. The zero-order valence-electron chi connectivity index (χ0n) is 18.3. The number of ether oxygens (including phenoxy) is 1. The van der Waals surface area contributed by atoms with Crippen molar-refractivity contribution in [2.45, 2.75) is 26.2 Å². The highest BCUT2D eigenvalue weighted by Gasteiger charge is 2.41. The highest BCUT2D eigenvalue weighted by molar-refractivity contribution is 6.30. The van der Waals surface area contributed by atoms with Crippen molar-refractivity contribution in [3.8, 4) is 5.75 Å². The summed E-state index contributed by atoms with van der Waals surface area (Å²) in [5.41, 5.74) is 1.69. The maximum atomic E-state index is 13.2. The van der Waals surface area contributed by atoms with Gasteiger partial charge in [-0.05, 0) is 42.2 Å². The van der Waals surface area contributed by atoms with E-state index >= 15 is 0 Å². The van der Waals surface area contributed by atoms with E-state index in [1.807, 2.05) is 37.3 Å². The van der Waals surface area contributed by atoms with E-state index in [0.717, 1.165) is 12.0 Å². The van der Waals surface area contributed by atoms with Crippen LogP contribution in [0.5, 0.6) is 5.75 Å². The van der Waals surface area contributed by atoms with Crippen LogP contribution in [0.2, 0.25) is 0 Å². The number of rotatable bonds is 10. The Labute approximate surface area is 188 Å². The molecule has 0 radical (unpaired) electrons. The van der Waals surface area contributed by atoms with E-state index in [1.54, 1.807) is 36.4 Å². The number of imide groups is 2. The Hall–Kier alpha value is -3.67. The van der Waals surface area contributed by atoms with Crippen molar-refractivity contribution < 1.29 is 19.1 Å². The second-order valence-corrected chi connectivity index (χ2v) is 7.51. The summed E-state index contributed by atoms with van der Waals surface area (Å²) in [6.07, 6.45) is 5.24. The number of carbonyl (C=O) groups excluding carboxylic acids is 3. The van der Waals surface area contributed by atoms with Gasteiger partial charge in [0.1, 0.15) is 17.9 Å². The molecule has 6 nitrogen and oxygen atoms in total. The summed E-state index contributed by atoms with van der Waals surface area (Å²) in [6.45, 7) is 6.50. The SMILES string of the molecule is C=CCOc1ccc(/C=C2/C(=O)N(CCCC)C(=O)N(CCc3ccccc3)C2=O)cc1. The molecule has 2 aromatic rings. The van der Waals surface area contributed by atoms with E-state index in [-0.39, 0.29) is 18.7 Å². The van der Waals surface area contributed by atoms with Gasteiger partial charge in [0.2, 0.25) is 0 Å². The van der Waals surface area contributed by atoms with Gasteiger partial charge >= 0.3 is 6.03 Å². The average molecular weight is 433 g/mol. The van der Waals surface area contributed by atoms with Crippen LogP contribution in [0.4, 0.5) is 4.79 Å². The third-order valence-corrected chi connectivity index (χ3v) is 5.17. The molecule has 0 atom stereocenters. The van der Waals surface area contributed by atoms with Crippen LogP contribution in [0.25, 0.3) is 6.08 Å². The molecule has 3 rings (SSSR count). The molecule has 0 spiro atoms. The van der Waals surface area contributed by atoms with E-state index < -0.39 is 17.8 Å². The minimum atomic E-state index is -0.560. The van der Waals surface area contributed by atoms with Crippen LogP contribution in [0.3, 0.4) is 0 Å². The van der Waals surface area contributed by atoms with Gasteiger partial charge in [0.15, 0.2) is 0 Å². The number of unbranched alkanes of at least 4 members (excludes halogenated alkanes) is 1. The van der Waals surface area contributed by atoms with Crippen molar-refractivity contribution in [1.29, 1.82) is 0 Å². The summed E-state index contributed by atoms with van der Waals surface area (Å²) in [5.74, 6) is -0.440. The zero-order valence-corrected chi connectivity index (χ0v) is 18.3. The Morgan fingerprint density at radius 2 is 1.56 bits per heavy atom. The molecule has 1 fully saturated rings. The van der Waals surface area contributed by atoms with Crippen LogP contribution in [0.15, 0.2) is 72.8 Å². The van der Waals surface area contributed by atoms with Gasteiger partial charge in [-0.25, -0.2) is 4.79 Å². The molecule has 0 N–H and O–H groups in total. The molecule has 32 heavy (non-hydrogen) atoms. The van der Waals surface area contributed by atoms with Gasteiger partial charge in [0, 0.05) is 13.1 Å². The molecule has 6 heteroatoms. The molecule has 1 heterocycles. The lowest BCUT2D eigenvalue weighted by atomic mass is 10.0. The van der Waals surface area contributed by atoms with Crippen LogP contribution < -0.4 is 4.74 Å². The Bertz CT molecular complexity index is 996. The van der Waals surface area contributed by atoms with Crippen LogP contribution >= 0.6 is 0 Å². The first kappa shape index (κ1) is 23.0. The molecule has 1 aliphatic heterocycles. The summed E-state index contributed by atoms with van der Waals surface area (Å²) >= 11 is 0. The number of hydrogen-bond acceptors (Lipinski definition) is 4. The minimum absolute atomic E-state index is 0.00600. The Balaban J connectivity index is 1.86. The molecule has 1 saturated heterocycles. The maximum Gasteiger partial charge on any atom is 0.333 e. The molecule has 0 unspecified atom stereocenters. The average Bonchev–Trinajstić information content (AvgIpc) is 2.82. The lowest BCUT2D eigenvalue weighted by molar-refractivity contribution is -0.135. The van der Waals surface area contributed by atoms with Crippen molar-refractivity contribution in [3.05, 3.63) is 84.0 Å². The van der Waals surface area contributed by atoms with Gasteiger partial charge in [-0.1, -0.05) is 68.5 Å². The molecule has 4 amide bonds. The quantitative estimate of drug-likeness (QED) is 0.316. The topological polar surface area (TPSA) is 66.9 Å². The van der Waals surface area contributed by atoms with E-state index in [2.05, 4.69) is 6.58 Å². The summed E-state index contributed by atoms with van der Waals surface area (Å²) in [6, 6.07) is 16.2. The Morgan fingerprint density at radius 1 is 0.906 bits per heavy atom. The third kappa shape index (κ3) is 5.52. The van der Waals surface area contributed by atoms with E-state index in [9.17, 15) is 14.4 Å². The highest BCUT2D eigenvalue weighted by atomic mass is 16.5.